The third kappa shape index (κ3) is 5.81. The zero-order valence-electron chi connectivity index (χ0n) is 24.8. The van der Waals surface area contributed by atoms with Gasteiger partial charge in [0.25, 0.3) is 0 Å². The minimum absolute atomic E-state index is 0.0809. The van der Waals surface area contributed by atoms with E-state index >= 15 is 0 Å². The summed E-state index contributed by atoms with van der Waals surface area (Å²) >= 11 is 0. The molecule has 0 N–H and O–H groups in total. The summed E-state index contributed by atoms with van der Waals surface area (Å²) in [6.07, 6.45) is 19.4. The van der Waals surface area contributed by atoms with Gasteiger partial charge in [0, 0.05) is 24.7 Å². The van der Waals surface area contributed by atoms with Crippen molar-refractivity contribution in [2.75, 3.05) is 6.61 Å². The number of hydrogen-bond donors (Lipinski definition) is 0. The predicted molar refractivity (Wildman–Crippen MR) is 161 cm³/mol. The lowest BCUT2D eigenvalue weighted by atomic mass is 9.53. The number of ketones is 1. The predicted octanol–water partition coefficient (Wildman–Crippen LogP) is 8.48. The van der Waals surface area contributed by atoms with Crippen LogP contribution >= 0.6 is 0 Å². The number of hydrogen-bond acceptors (Lipinski definition) is 3. The summed E-state index contributed by atoms with van der Waals surface area (Å²) in [6.45, 7) is 6.82. The first-order valence-electron chi connectivity index (χ1n) is 15.9. The SMILES string of the molecule is CCOC(=O)CCC[C@@H]1CC[C@H]2[C@H](C1)C[C@H]1C(=O)C3[CH]C3=C(C)[C@H]1[C@H]2/C=C/C1=CC=C(c2cccc(F)c2)C(C)C1. The van der Waals surface area contributed by atoms with Crippen molar-refractivity contribution < 1.29 is 18.7 Å². The first-order valence-corrected chi connectivity index (χ1v) is 15.9. The first kappa shape index (κ1) is 28.4. The minimum atomic E-state index is -0.193. The van der Waals surface area contributed by atoms with E-state index < -0.39 is 0 Å². The summed E-state index contributed by atoms with van der Waals surface area (Å²) in [5, 5.41) is 0. The topological polar surface area (TPSA) is 43.4 Å². The van der Waals surface area contributed by atoms with E-state index in [4.69, 9.17) is 4.74 Å². The van der Waals surface area contributed by atoms with Crippen LogP contribution in [0.4, 0.5) is 4.39 Å². The maximum Gasteiger partial charge on any atom is 0.305 e. The van der Waals surface area contributed by atoms with E-state index in [1.165, 1.54) is 47.6 Å². The highest BCUT2D eigenvalue weighted by Crippen LogP contribution is 2.60. The van der Waals surface area contributed by atoms with Gasteiger partial charge in [-0.3, -0.25) is 9.59 Å². The molecule has 1 aromatic carbocycles. The van der Waals surface area contributed by atoms with Gasteiger partial charge in [-0.1, -0.05) is 60.9 Å². The number of Topliss-reactive ketones (excluding diaryl/α,β-unsaturated/α-hetero) is 1. The highest BCUT2D eigenvalue weighted by Gasteiger charge is 2.56. The molecule has 0 spiro atoms. The zero-order chi connectivity index (χ0) is 28.7. The molecule has 3 fully saturated rings. The number of carbonyl (C=O) groups excluding carboxylic acids is 2. The Morgan fingerprint density at radius 2 is 2.02 bits per heavy atom. The Morgan fingerprint density at radius 1 is 1.17 bits per heavy atom. The monoisotopic (exact) mass is 555 g/mol. The molecular formula is C37H44FO3. The molecule has 0 heterocycles. The van der Waals surface area contributed by atoms with Gasteiger partial charge in [-0.15, -0.1) is 0 Å². The van der Waals surface area contributed by atoms with Gasteiger partial charge in [0.05, 0.1) is 6.61 Å². The van der Waals surface area contributed by atoms with Crippen molar-refractivity contribution in [3.63, 3.8) is 0 Å². The van der Waals surface area contributed by atoms with Crippen molar-refractivity contribution >= 4 is 17.3 Å². The van der Waals surface area contributed by atoms with E-state index in [2.05, 4.69) is 44.6 Å². The van der Waals surface area contributed by atoms with Crippen LogP contribution in [0.1, 0.15) is 77.7 Å². The zero-order valence-corrected chi connectivity index (χ0v) is 24.8. The third-order valence-corrected chi connectivity index (χ3v) is 10.8. The van der Waals surface area contributed by atoms with E-state index in [9.17, 15) is 14.0 Å². The molecule has 1 aromatic rings. The molecule has 5 aliphatic carbocycles. The Hall–Kier alpha value is -2.75. The first-order chi connectivity index (χ1) is 19.8. The molecule has 0 saturated heterocycles. The van der Waals surface area contributed by atoms with Crippen LogP contribution in [0.3, 0.4) is 0 Å². The molecule has 41 heavy (non-hydrogen) atoms. The van der Waals surface area contributed by atoms with E-state index in [1.807, 2.05) is 13.0 Å². The Morgan fingerprint density at radius 3 is 2.80 bits per heavy atom. The third-order valence-electron chi connectivity index (χ3n) is 10.8. The number of allylic oxidation sites excluding steroid dienone is 8. The molecule has 3 saturated carbocycles. The van der Waals surface area contributed by atoms with Gasteiger partial charge in [0.15, 0.2) is 0 Å². The van der Waals surface area contributed by atoms with Crippen molar-refractivity contribution in [3.8, 4) is 0 Å². The van der Waals surface area contributed by atoms with Gasteiger partial charge >= 0.3 is 5.97 Å². The maximum absolute atomic E-state index is 13.9. The van der Waals surface area contributed by atoms with Gasteiger partial charge in [-0.25, -0.2) is 4.39 Å². The fraction of sp³-hybridized carbons (Fsp3) is 0.541. The summed E-state index contributed by atoms with van der Waals surface area (Å²) in [7, 11) is 0. The van der Waals surface area contributed by atoms with E-state index in [1.54, 1.807) is 12.1 Å². The molecule has 0 bridgehead atoms. The number of halogens is 1. The van der Waals surface area contributed by atoms with Crippen LogP contribution in [0.25, 0.3) is 5.57 Å². The van der Waals surface area contributed by atoms with Crippen LogP contribution in [0.2, 0.25) is 0 Å². The molecule has 6 rings (SSSR count). The number of carbonyl (C=O) groups is 2. The van der Waals surface area contributed by atoms with Gasteiger partial charge in [0.2, 0.25) is 0 Å². The summed E-state index contributed by atoms with van der Waals surface area (Å²) in [6, 6.07) is 6.91. The molecular weight excluding hydrogens is 511 g/mol. The number of rotatable bonds is 8. The Bertz CT molecular complexity index is 1310. The summed E-state index contributed by atoms with van der Waals surface area (Å²) in [5.74, 6) is 3.26. The van der Waals surface area contributed by atoms with Crippen molar-refractivity contribution in [1.82, 2.24) is 0 Å². The maximum atomic E-state index is 13.9. The molecule has 5 aliphatic rings. The Labute approximate surface area is 245 Å². The second-order valence-electron chi connectivity index (χ2n) is 13.3. The molecule has 4 heteroatoms. The van der Waals surface area contributed by atoms with Crippen LogP contribution in [0.5, 0.6) is 0 Å². The fourth-order valence-corrected chi connectivity index (χ4v) is 8.81. The largest absolute Gasteiger partial charge is 0.466 e. The molecule has 1 radical (unpaired) electrons. The quantitative estimate of drug-likeness (QED) is 0.302. The number of esters is 1. The Balaban J connectivity index is 1.20. The second kappa shape index (κ2) is 11.9. The molecule has 3 nitrogen and oxygen atoms in total. The van der Waals surface area contributed by atoms with Crippen LogP contribution in [-0.4, -0.2) is 18.4 Å². The smallest absolute Gasteiger partial charge is 0.305 e. The second-order valence-corrected chi connectivity index (χ2v) is 13.3. The summed E-state index contributed by atoms with van der Waals surface area (Å²) in [5.41, 5.74) is 6.24. The lowest BCUT2D eigenvalue weighted by molar-refractivity contribution is -0.143. The van der Waals surface area contributed by atoms with Crippen LogP contribution in [0, 0.1) is 59.6 Å². The Kier molecular flexibility index (Phi) is 8.21. The van der Waals surface area contributed by atoms with Crippen molar-refractivity contribution in [3.05, 3.63) is 83.1 Å². The van der Waals surface area contributed by atoms with E-state index in [-0.39, 0.29) is 23.6 Å². The average Bonchev–Trinajstić information content (AvgIpc) is 3.76. The van der Waals surface area contributed by atoms with Crippen molar-refractivity contribution in [2.45, 2.75) is 72.1 Å². The fourth-order valence-electron chi connectivity index (χ4n) is 8.81. The molecule has 8 atom stereocenters. The minimum Gasteiger partial charge on any atom is -0.466 e. The molecule has 0 amide bonds. The molecule has 217 valence electrons. The number of fused-ring (bicyclic) bond motifs is 3. The van der Waals surface area contributed by atoms with E-state index in [0.717, 1.165) is 31.2 Å². The average molecular weight is 556 g/mol. The molecule has 2 unspecified atom stereocenters. The van der Waals surface area contributed by atoms with E-state index in [0.29, 0.717) is 54.3 Å². The van der Waals surface area contributed by atoms with Gasteiger partial charge in [0.1, 0.15) is 11.6 Å². The molecule has 0 aliphatic heterocycles. The van der Waals surface area contributed by atoms with Gasteiger partial charge in [-0.05, 0) is 117 Å². The highest BCUT2D eigenvalue weighted by atomic mass is 19.1. The van der Waals surface area contributed by atoms with Crippen molar-refractivity contribution in [2.24, 2.45) is 47.3 Å². The summed E-state index contributed by atoms with van der Waals surface area (Å²) < 4.78 is 19.0. The van der Waals surface area contributed by atoms with Gasteiger partial charge in [-0.2, -0.15) is 0 Å². The lowest BCUT2D eigenvalue weighted by Crippen LogP contribution is -2.46. The van der Waals surface area contributed by atoms with Crippen LogP contribution in [0.15, 0.2) is 65.3 Å². The standard InChI is InChI=1S/C37H44FO3/c1-4-41-35(39)10-5-7-24-12-15-30-27(18-24)20-34-36(23(3)32-21-33(32)37(34)40)31(30)16-13-25-11-14-29(22(2)17-25)26-8-6-9-28(38)19-26/h6,8-9,11,13-14,16,19,21-22,24,27,30-31,33-34,36H,4-5,7,10,12,15,17-18,20H2,1-3H3/b16-13+/t22?,24-,27-,30+,31+,33?,34-,36+/m1/s1. The van der Waals surface area contributed by atoms with Gasteiger partial charge < -0.3 is 4.74 Å². The summed E-state index contributed by atoms with van der Waals surface area (Å²) in [4.78, 5) is 25.4. The lowest BCUT2D eigenvalue weighted by Gasteiger charge is -2.51. The highest BCUT2D eigenvalue weighted by molar-refractivity contribution is 5.96. The van der Waals surface area contributed by atoms with Crippen LogP contribution < -0.4 is 0 Å². The number of ether oxygens (including phenoxy) is 1. The number of benzene rings is 1. The normalized spacial score (nSPS) is 34.4. The van der Waals surface area contributed by atoms with Crippen LogP contribution in [-0.2, 0) is 14.3 Å². The van der Waals surface area contributed by atoms with Crippen molar-refractivity contribution in [1.29, 1.82) is 0 Å². The molecule has 0 aromatic heterocycles.